The van der Waals surface area contributed by atoms with Gasteiger partial charge in [-0.3, -0.25) is 4.79 Å². The van der Waals surface area contributed by atoms with Crippen LogP contribution in [0.3, 0.4) is 0 Å². The second-order valence-corrected chi connectivity index (χ2v) is 3.82. The number of rotatable bonds is 8. The molecule has 0 atom stereocenters. The molecule has 1 amide bonds. The molecule has 0 saturated heterocycles. The van der Waals surface area contributed by atoms with Crippen molar-refractivity contribution in [1.82, 2.24) is 4.90 Å². The van der Waals surface area contributed by atoms with Crippen molar-refractivity contribution in [2.24, 2.45) is 0 Å². The first kappa shape index (κ1) is 14.4. The Bertz CT molecular complexity index is 171. The lowest BCUT2D eigenvalue weighted by molar-refractivity contribution is -0.138. The average molecular weight is 217 g/mol. The van der Waals surface area contributed by atoms with Crippen LogP contribution in [-0.4, -0.2) is 48.3 Å². The Kier molecular flexibility index (Phi) is 8.33. The lowest BCUT2D eigenvalue weighted by Gasteiger charge is -2.22. The number of nitrogens with zero attached hydrogens (tertiary/aromatic N) is 1. The predicted molar refractivity (Wildman–Crippen MR) is 59.7 cm³/mol. The van der Waals surface area contributed by atoms with Crippen molar-refractivity contribution in [3.8, 4) is 0 Å². The maximum Gasteiger partial charge on any atom is 0.248 e. The third-order valence-corrected chi connectivity index (χ3v) is 2.04. The van der Waals surface area contributed by atoms with Crippen LogP contribution in [0.25, 0.3) is 0 Å². The van der Waals surface area contributed by atoms with E-state index in [9.17, 15) is 4.79 Å². The summed E-state index contributed by atoms with van der Waals surface area (Å²) in [6, 6.07) is 0. The first-order chi connectivity index (χ1) is 7.11. The molecule has 15 heavy (non-hydrogen) atoms. The fraction of sp³-hybridized carbons (Fsp3) is 0.909. The molecular formula is C11H23NO3. The van der Waals surface area contributed by atoms with Gasteiger partial charge in [0.05, 0.1) is 12.7 Å². The van der Waals surface area contributed by atoms with E-state index >= 15 is 0 Å². The minimum absolute atomic E-state index is 0.0110. The van der Waals surface area contributed by atoms with E-state index in [-0.39, 0.29) is 25.2 Å². The number of amides is 1. The van der Waals surface area contributed by atoms with Gasteiger partial charge in [-0.15, -0.1) is 0 Å². The summed E-state index contributed by atoms with van der Waals surface area (Å²) < 4.78 is 5.24. The molecule has 0 aromatic carbocycles. The Morgan fingerprint density at radius 2 is 2.07 bits per heavy atom. The smallest absolute Gasteiger partial charge is 0.248 e. The van der Waals surface area contributed by atoms with Crippen molar-refractivity contribution in [1.29, 1.82) is 0 Å². The van der Waals surface area contributed by atoms with Crippen molar-refractivity contribution < 1.29 is 14.6 Å². The van der Waals surface area contributed by atoms with Gasteiger partial charge in [-0.1, -0.05) is 13.3 Å². The Labute approximate surface area is 92.2 Å². The number of carbonyl (C=O) groups is 1. The molecule has 90 valence electrons. The third kappa shape index (κ3) is 7.33. The second-order valence-electron chi connectivity index (χ2n) is 3.82. The van der Waals surface area contributed by atoms with Gasteiger partial charge in [0, 0.05) is 13.1 Å². The quantitative estimate of drug-likeness (QED) is 0.660. The minimum Gasteiger partial charge on any atom is -0.395 e. The first-order valence-electron chi connectivity index (χ1n) is 5.62. The van der Waals surface area contributed by atoms with Crippen LogP contribution in [-0.2, 0) is 9.53 Å². The molecule has 4 nitrogen and oxygen atoms in total. The van der Waals surface area contributed by atoms with Crippen molar-refractivity contribution in [3.63, 3.8) is 0 Å². The monoisotopic (exact) mass is 217 g/mol. The van der Waals surface area contributed by atoms with Gasteiger partial charge in [0.1, 0.15) is 6.61 Å². The van der Waals surface area contributed by atoms with Crippen LogP contribution in [0.1, 0.15) is 33.6 Å². The Balaban J connectivity index is 3.92. The van der Waals surface area contributed by atoms with Crippen molar-refractivity contribution in [2.75, 3.05) is 26.3 Å². The zero-order valence-electron chi connectivity index (χ0n) is 10.0. The number of carbonyl (C=O) groups excluding carboxylic acids is 1. The number of unbranched alkanes of at least 4 members (excludes halogenated alkanes) is 1. The maximum atomic E-state index is 11.6. The molecule has 4 heteroatoms. The zero-order valence-corrected chi connectivity index (χ0v) is 10.0. The molecule has 1 N–H and O–H groups in total. The summed E-state index contributed by atoms with van der Waals surface area (Å²) in [7, 11) is 0. The second kappa shape index (κ2) is 8.68. The van der Waals surface area contributed by atoms with E-state index < -0.39 is 0 Å². The SMILES string of the molecule is CCCCN(CCO)C(=O)COC(C)C. The van der Waals surface area contributed by atoms with E-state index in [1.807, 2.05) is 13.8 Å². The van der Waals surface area contributed by atoms with Gasteiger partial charge in [-0.2, -0.15) is 0 Å². The molecule has 0 radical (unpaired) electrons. The summed E-state index contributed by atoms with van der Waals surface area (Å²) in [5.41, 5.74) is 0. The van der Waals surface area contributed by atoms with Crippen LogP contribution in [0.4, 0.5) is 0 Å². The highest BCUT2D eigenvalue weighted by atomic mass is 16.5. The van der Waals surface area contributed by atoms with E-state index in [0.717, 1.165) is 12.8 Å². The number of ether oxygens (including phenoxy) is 1. The number of aliphatic hydroxyl groups excluding tert-OH is 1. The fourth-order valence-electron chi connectivity index (χ4n) is 1.16. The highest BCUT2D eigenvalue weighted by Crippen LogP contribution is 1.97. The van der Waals surface area contributed by atoms with Crippen molar-refractivity contribution in [3.05, 3.63) is 0 Å². The number of aliphatic hydroxyl groups is 1. The summed E-state index contributed by atoms with van der Waals surface area (Å²) in [6.07, 6.45) is 2.07. The van der Waals surface area contributed by atoms with E-state index in [1.54, 1.807) is 4.90 Å². The van der Waals surface area contributed by atoms with Gasteiger partial charge in [0.15, 0.2) is 0 Å². The summed E-state index contributed by atoms with van der Waals surface area (Å²) in [4.78, 5) is 13.3. The van der Waals surface area contributed by atoms with Gasteiger partial charge in [-0.25, -0.2) is 0 Å². The molecule has 0 aromatic rings. The van der Waals surface area contributed by atoms with Gasteiger partial charge < -0.3 is 14.7 Å². The average Bonchev–Trinajstić information content (AvgIpc) is 2.20. The van der Waals surface area contributed by atoms with E-state index in [0.29, 0.717) is 13.1 Å². The topological polar surface area (TPSA) is 49.8 Å². The van der Waals surface area contributed by atoms with Crippen LogP contribution in [0, 0.1) is 0 Å². The van der Waals surface area contributed by atoms with Gasteiger partial charge in [0.25, 0.3) is 0 Å². The molecule has 0 bridgehead atoms. The molecule has 0 aromatic heterocycles. The first-order valence-corrected chi connectivity index (χ1v) is 5.62. The molecule has 0 aliphatic rings. The van der Waals surface area contributed by atoms with Gasteiger partial charge in [-0.05, 0) is 20.3 Å². The fourth-order valence-corrected chi connectivity index (χ4v) is 1.16. The molecule has 0 aliphatic heterocycles. The summed E-state index contributed by atoms with van der Waals surface area (Å²) >= 11 is 0. The molecule has 0 heterocycles. The largest absolute Gasteiger partial charge is 0.395 e. The van der Waals surface area contributed by atoms with E-state index in [1.165, 1.54) is 0 Å². The molecule has 0 spiro atoms. The van der Waals surface area contributed by atoms with Crippen molar-refractivity contribution >= 4 is 5.91 Å². The van der Waals surface area contributed by atoms with E-state index in [4.69, 9.17) is 9.84 Å². The predicted octanol–water partition coefficient (Wildman–Crippen LogP) is 1.03. The Morgan fingerprint density at radius 3 is 2.53 bits per heavy atom. The van der Waals surface area contributed by atoms with Gasteiger partial charge in [0.2, 0.25) is 5.91 Å². The van der Waals surface area contributed by atoms with Crippen LogP contribution >= 0.6 is 0 Å². The lowest BCUT2D eigenvalue weighted by Crippen LogP contribution is -2.37. The van der Waals surface area contributed by atoms with Crippen LogP contribution in [0.5, 0.6) is 0 Å². The molecule has 0 unspecified atom stereocenters. The van der Waals surface area contributed by atoms with Crippen LogP contribution in [0.2, 0.25) is 0 Å². The number of hydrogen-bond donors (Lipinski definition) is 1. The molecule has 0 fully saturated rings. The Morgan fingerprint density at radius 1 is 1.40 bits per heavy atom. The molecule has 0 saturated carbocycles. The third-order valence-electron chi connectivity index (χ3n) is 2.04. The van der Waals surface area contributed by atoms with Crippen LogP contribution in [0.15, 0.2) is 0 Å². The summed E-state index contributed by atoms with van der Waals surface area (Å²) in [5.74, 6) is -0.0359. The normalized spacial score (nSPS) is 10.7. The Hall–Kier alpha value is -0.610. The maximum absolute atomic E-state index is 11.6. The minimum atomic E-state index is -0.0359. The van der Waals surface area contributed by atoms with Crippen molar-refractivity contribution in [2.45, 2.75) is 39.7 Å². The summed E-state index contributed by atoms with van der Waals surface area (Å²) in [6.45, 7) is 7.10. The van der Waals surface area contributed by atoms with Crippen LogP contribution < -0.4 is 0 Å². The molecule has 0 aliphatic carbocycles. The number of hydrogen-bond acceptors (Lipinski definition) is 3. The lowest BCUT2D eigenvalue weighted by atomic mass is 10.3. The van der Waals surface area contributed by atoms with E-state index in [2.05, 4.69) is 6.92 Å². The highest BCUT2D eigenvalue weighted by molar-refractivity contribution is 5.77. The summed E-state index contributed by atoms with van der Waals surface area (Å²) in [5, 5.41) is 8.83. The molecular weight excluding hydrogens is 194 g/mol. The standard InChI is InChI=1S/C11H23NO3/c1-4-5-6-12(7-8-13)11(14)9-15-10(2)3/h10,13H,4-9H2,1-3H3. The van der Waals surface area contributed by atoms with Gasteiger partial charge >= 0.3 is 0 Å². The zero-order chi connectivity index (χ0) is 11.7. The highest BCUT2D eigenvalue weighted by Gasteiger charge is 2.12. The molecule has 0 rings (SSSR count).